The molecule has 0 radical (unpaired) electrons. The van der Waals surface area contributed by atoms with E-state index in [0.29, 0.717) is 5.75 Å². The third-order valence-corrected chi connectivity index (χ3v) is 5.81. The van der Waals surface area contributed by atoms with Gasteiger partial charge in [0, 0.05) is 29.2 Å². The van der Waals surface area contributed by atoms with Crippen molar-refractivity contribution in [3.8, 4) is 5.75 Å². The van der Waals surface area contributed by atoms with Crippen molar-refractivity contribution in [2.45, 2.75) is 18.7 Å². The Hall–Kier alpha value is -2.35. The van der Waals surface area contributed by atoms with Crippen LogP contribution < -0.4 is 14.8 Å². The molecule has 0 amide bonds. The number of rotatable bonds is 9. The number of likely N-dealkylation sites (N-methyl/N-ethyl adjacent to an activating group) is 1. The van der Waals surface area contributed by atoms with Gasteiger partial charge in [-0.15, -0.1) is 0 Å². The van der Waals surface area contributed by atoms with E-state index in [1.165, 1.54) is 5.56 Å². The molecule has 0 spiro atoms. The molecule has 1 heterocycles. The molecule has 0 aliphatic carbocycles. The Labute approximate surface area is 160 Å². The van der Waals surface area contributed by atoms with Gasteiger partial charge < -0.3 is 15.0 Å². The summed E-state index contributed by atoms with van der Waals surface area (Å²) in [5.41, 5.74) is 3.77. The lowest BCUT2D eigenvalue weighted by molar-refractivity contribution is 0.409. The average Bonchev–Trinajstić information content (AvgIpc) is 3.07. The highest BCUT2D eigenvalue weighted by Gasteiger charge is 2.14. The van der Waals surface area contributed by atoms with E-state index in [0.717, 1.165) is 35.0 Å². The van der Waals surface area contributed by atoms with Gasteiger partial charge in [-0.2, -0.15) is 0 Å². The Morgan fingerprint density at radius 3 is 2.70 bits per heavy atom. The Kier molecular flexibility index (Phi) is 6.15. The highest BCUT2D eigenvalue weighted by atomic mass is 32.2. The van der Waals surface area contributed by atoms with Crippen molar-refractivity contribution in [2.24, 2.45) is 0 Å². The van der Waals surface area contributed by atoms with Crippen LogP contribution in [0.25, 0.3) is 10.9 Å². The minimum absolute atomic E-state index is 0.0608. The van der Waals surface area contributed by atoms with Gasteiger partial charge in [0.25, 0.3) is 0 Å². The molecule has 0 aliphatic heterocycles. The summed E-state index contributed by atoms with van der Waals surface area (Å²) in [5.74, 6) is 0.609. The Bertz CT molecular complexity index is 1010. The van der Waals surface area contributed by atoms with Gasteiger partial charge in [0.2, 0.25) is 10.0 Å². The molecule has 0 atom stereocenters. The molecule has 3 rings (SSSR count). The van der Waals surface area contributed by atoms with Crippen LogP contribution in [-0.4, -0.2) is 34.1 Å². The topological polar surface area (TPSA) is 83.2 Å². The number of nitrogens with one attached hydrogen (secondary N) is 3. The van der Waals surface area contributed by atoms with E-state index >= 15 is 0 Å². The number of methoxy groups -OCH3 is 1. The first-order chi connectivity index (χ1) is 13.0. The third-order valence-electron chi connectivity index (χ3n) is 4.51. The predicted octanol–water partition coefficient (Wildman–Crippen LogP) is 2.56. The summed E-state index contributed by atoms with van der Waals surface area (Å²) in [7, 11) is 0.0240. The zero-order valence-corrected chi connectivity index (χ0v) is 16.4. The molecule has 2 aromatic carbocycles. The average molecular weight is 388 g/mol. The number of aromatic nitrogens is 1. The molecule has 0 saturated carbocycles. The van der Waals surface area contributed by atoms with Crippen molar-refractivity contribution in [1.82, 2.24) is 15.0 Å². The maximum absolute atomic E-state index is 12.5. The quantitative estimate of drug-likeness (QED) is 0.527. The van der Waals surface area contributed by atoms with Crippen molar-refractivity contribution < 1.29 is 13.2 Å². The van der Waals surface area contributed by atoms with Gasteiger partial charge in [0.15, 0.2) is 0 Å². The fourth-order valence-electron chi connectivity index (χ4n) is 3.09. The van der Waals surface area contributed by atoms with Crippen molar-refractivity contribution in [2.75, 3.05) is 20.7 Å². The van der Waals surface area contributed by atoms with Crippen LogP contribution in [0.5, 0.6) is 5.75 Å². The summed E-state index contributed by atoms with van der Waals surface area (Å²) in [6, 6.07) is 13.1. The molecule has 0 unspecified atom stereocenters. The number of hydrogen-bond acceptors (Lipinski definition) is 4. The van der Waals surface area contributed by atoms with Gasteiger partial charge >= 0.3 is 0 Å². The first kappa shape index (κ1) is 19.4. The van der Waals surface area contributed by atoms with E-state index in [4.69, 9.17) is 4.74 Å². The molecule has 7 heteroatoms. The maximum atomic E-state index is 12.5. The number of sulfonamides is 1. The molecule has 0 bridgehead atoms. The SMILES string of the molecule is CNCCc1c[nH]c2ccc(CS(=O)(=O)NCc3ccccc3OC)cc12. The number of hydrogen-bond donors (Lipinski definition) is 3. The number of ether oxygens (including phenoxy) is 1. The summed E-state index contributed by atoms with van der Waals surface area (Å²) in [6.45, 7) is 1.07. The Morgan fingerprint density at radius 1 is 1.11 bits per heavy atom. The van der Waals surface area contributed by atoms with E-state index in [1.54, 1.807) is 7.11 Å². The second kappa shape index (κ2) is 8.56. The second-order valence-electron chi connectivity index (χ2n) is 6.44. The van der Waals surface area contributed by atoms with Gasteiger partial charge in [0.1, 0.15) is 5.75 Å². The van der Waals surface area contributed by atoms with Crippen LogP contribution in [0.4, 0.5) is 0 Å². The number of H-pyrrole nitrogens is 1. The minimum atomic E-state index is -3.47. The molecule has 27 heavy (non-hydrogen) atoms. The van der Waals surface area contributed by atoms with Crippen molar-refractivity contribution >= 4 is 20.9 Å². The van der Waals surface area contributed by atoms with Gasteiger partial charge in [-0.05, 0) is 49.3 Å². The van der Waals surface area contributed by atoms with Gasteiger partial charge in [-0.3, -0.25) is 0 Å². The molecule has 3 N–H and O–H groups in total. The smallest absolute Gasteiger partial charge is 0.216 e. The van der Waals surface area contributed by atoms with Crippen LogP contribution in [0, 0.1) is 0 Å². The summed E-state index contributed by atoms with van der Waals surface area (Å²) in [6.07, 6.45) is 2.87. The Balaban J connectivity index is 1.73. The molecule has 0 aliphatic rings. The number of para-hydroxylation sites is 1. The maximum Gasteiger partial charge on any atom is 0.216 e. The first-order valence-corrected chi connectivity index (χ1v) is 10.5. The van der Waals surface area contributed by atoms with E-state index < -0.39 is 10.0 Å². The van der Waals surface area contributed by atoms with E-state index in [2.05, 4.69) is 15.0 Å². The number of aromatic amines is 1. The van der Waals surface area contributed by atoms with Gasteiger partial charge in [0.05, 0.1) is 12.9 Å². The first-order valence-electron chi connectivity index (χ1n) is 8.85. The van der Waals surface area contributed by atoms with Crippen LogP contribution in [0.1, 0.15) is 16.7 Å². The van der Waals surface area contributed by atoms with Crippen molar-refractivity contribution in [3.05, 3.63) is 65.4 Å². The monoisotopic (exact) mass is 387 g/mol. The highest BCUT2D eigenvalue weighted by Crippen LogP contribution is 2.22. The standard InChI is InChI=1S/C20H25N3O3S/c1-21-10-9-16-12-22-19-8-7-15(11-18(16)19)14-27(24,25)23-13-17-5-3-4-6-20(17)26-2/h3-8,11-12,21-23H,9-10,13-14H2,1-2H3. The number of benzene rings is 2. The summed E-state index contributed by atoms with van der Waals surface area (Å²) in [5, 5.41) is 4.21. The zero-order valence-electron chi connectivity index (χ0n) is 15.6. The number of fused-ring (bicyclic) bond motifs is 1. The summed E-state index contributed by atoms with van der Waals surface area (Å²) >= 11 is 0. The summed E-state index contributed by atoms with van der Waals surface area (Å²) < 4.78 is 33.0. The minimum Gasteiger partial charge on any atom is -0.496 e. The molecule has 6 nitrogen and oxygen atoms in total. The largest absolute Gasteiger partial charge is 0.496 e. The van der Waals surface area contributed by atoms with Crippen LogP contribution in [0.15, 0.2) is 48.7 Å². The highest BCUT2D eigenvalue weighted by molar-refractivity contribution is 7.88. The van der Waals surface area contributed by atoms with Crippen LogP contribution in [-0.2, 0) is 28.7 Å². The van der Waals surface area contributed by atoms with Crippen LogP contribution in [0.2, 0.25) is 0 Å². The molecule has 144 valence electrons. The molecular weight excluding hydrogens is 362 g/mol. The zero-order chi connectivity index (χ0) is 19.3. The third kappa shape index (κ3) is 4.88. The van der Waals surface area contributed by atoms with Gasteiger partial charge in [-0.1, -0.05) is 24.3 Å². The molecular formula is C20H25N3O3S. The van der Waals surface area contributed by atoms with E-state index in [-0.39, 0.29) is 12.3 Å². The molecule has 0 fully saturated rings. The van der Waals surface area contributed by atoms with E-state index in [9.17, 15) is 8.42 Å². The molecule has 1 aromatic heterocycles. The lowest BCUT2D eigenvalue weighted by atomic mass is 10.1. The fraction of sp³-hybridized carbons (Fsp3) is 0.300. The normalized spacial score (nSPS) is 11.8. The van der Waals surface area contributed by atoms with E-state index in [1.807, 2.05) is 55.7 Å². The van der Waals surface area contributed by atoms with Gasteiger partial charge in [-0.25, -0.2) is 13.1 Å². The molecule has 0 saturated heterocycles. The van der Waals surface area contributed by atoms with Crippen LogP contribution in [0.3, 0.4) is 0 Å². The summed E-state index contributed by atoms with van der Waals surface area (Å²) in [4.78, 5) is 3.24. The molecule has 3 aromatic rings. The lowest BCUT2D eigenvalue weighted by Crippen LogP contribution is -2.24. The Morgan fingerprint density at radius 2 is 1.93 bits per heavy atom. The predicted molar refractivity (Wildman–Crippen MR) is 108 cm³/mol. The second-order valence-corrected chi connectivity index (χ2v) is 8.25. The van der Waals surface area contributed by atoms with Crippen LogP contribution >= 0.6 is 0 Å². The van der Waals surface area contributed by atoms with Crippen molar-refractivity contribution in [1.29, 1.82) is 0 Å². The lowest BCUT2D eigenvalue weighted by Gasteiger charge is -2.10. The van der Waals surface area contributed by atoms with Crippen molar-refractivity contribution in [3.63, 3.8) is 0 Å². The fourth-order valence-corrected chi connectivity index (χ4v) is 4.18.